The summed E-state index contributed by atoms with van der Waals surface area (Å²) in [5.41, 5.74) is 4.15. The van der Waals surface area contributed by atoms with Crippen molar-refractivity contribution in [2.45, 2.75) is 39.5 Å². The normalized spacial score (nSPS) is 10.3. The summed E-state index contributed by atoms with van der Waals surface area (Å²) in [6, 6.07) is 6.58. The Bertz CT molecular complexity index is 279. The van der Waals surface area contributed by atoms with Crippen LogP contribution in [0.15, 0.2) is 18.2 Å². The molecule has 0 aromatic heterocycles. The highest BCUT2D eigenvalue weighted by atomic mass is 35.5. The molecule has 1 aromatic carbocycles. The van der Waals surface area contributed by atoms with E-state index in [1.165, 1.54) is 16.8 Å². The van der Waals surface area contributed by atoms with E-state index in [-0.39, 0.29) is 12.4 Å². The Hall–Kier alpha value is -0.690. The molecule has 0 fully saturated rings. The Labute approximate surface area is 99.7 Å². The van der Waals surface area contributed by atoms with Crippen LogP contribution in [0.25, 0.3) is 0 Å². The van der Waals surface area contributed by atoms with Crippen molar-refractivity contribution in [2.75, 3.05) is 12.4 Å². The second kappa shape index (κ2) is 6.02. The van der Waals surface area contributed by atoms with Crippen molar-refractivity contribution in [3.05, 3.63) is 29.3 Å². The summed E-state index contributed by atoms with van der Waals surface area (Å²) in [5, 5.41) is 3.33. The molecule has 1 N–H and O–H groups in total. The van der Waals surface area contributed by atoms with Crippen molar-refractivity contribution >= 4 is 18.1 Å². The highest BCUT2D eigenvalue weighted by molar-refractivity contribution is 5.85. The molecule has 1 rings (SSSR count). The molecule has 0 aliphatic heterocycles. The number of rotatable bonds is 3. The molecule has 1 nitrogen and oxygen atoms in total. The van der Waals surface area contributed by atoms with E-state index in [1.54, 1.807) is 0 Å². The Morgan fingerprint density at radius 3 is 1.60 bits per heavy atom. The van der Waals surface area contributed by atoms with E-state index in [0.29, 0.717) is 11.8 Å². The topological polar surface area (TPSA) is 12.0 Å². The highest BCUT2D eigenvalue weighted by Crippen LogP contribution is 2.31. The number of hydrogen-bond acceptors (Lipinski definition) is 1. The molecule has 0 aliphatic carbocycles. The van der Waals surface area contributed by atoms with Gasteiger partial charge in [0, 0.05) is 12.7 Å². The first-order valence-corrected chi connectivity index (χ1v) is 5.38. The maximum Gasteiger partial charge on any atom is 0.0407 e. The summed E-state index contributed by atoms with van der Waals surface area (Å²) in [4.78, 5) is 0. The van der Waals surface area contributed by atoms with Crippen LogP contribution in [0.1, 0.15) is 50.7 Å². The van der Waals surface area contributed by atoms with Crippen LogP contribution in [-0.4, -0.2) is 7.05 Å². The van der Waals surface area contributed by atoms with Crippen LogP contribution in [-0.2, 0) is 0 Å². The van der Waals surface area contributed by atoms with Gasteiger partial charge in [-0.25, -0.2) is 0 Å². The number of para-hydroxylation sites is 1. The minimum absolute atomic E-state index is 0. The first-order valence-electron chi connectivity index (χ1n) is 5.38. The van der Waals surface area contributed by atoms with Gasteiger partial charge in [-0.2, -0.15) is 0 Å². The summed E-state index contributed by atoms with van der Waals surface area (Å²) in [6.07, 6.45) is 0. The predicted molar refractivity (Wildman–Crippen MR) is 71.4 cm³/mol. The minimum atomic E-state index is 0. The molecular weight excluding hydrogens is 206 g/mol. The van der Waals surface area contributed by atoms with Gasteiger partial charge in [-0.15, -0.1) is 12.4 Å². The van der Waals surface area contributed by atoms with E-state index >= 15 is 0 Å². The third kappa shape index (κ3) is 3.13. The Balaban J connectivity index is 0.00000196. The zero-order chi connectivity index (χ0) is 10.7. The number of halogens is 1. The van der Waals surface area contributed by atoms with E-state index < -0.39 is 0 Å². The molecule has 0 saturated carbocycles. The summed E-state index contributed by atoms with van der Waals surface area (Å²) >= 11 is 0. The van der Waals surface area contributed by atoms with Crippen LogP contribution < -0.4 is 5.32 Å². The highest BCUT2D eigenvalue weighted by Gasteiger charge is 2.11. The molecule has 2 heteroatoms. The van der Waals surface area contributed by atoms with Crippen LogP contribution in [0.2, 0.25) is 0 Å². The van der Waals surface area contributed by atoms with Crippen LogP contribution >= 0.6 is 12.4 Å². The third-order valence-corrected chi connectivity index (χ3v) is 2.62. The third-order valence-electron chi connectivity index (χ3n) is 2.62. The molecule has 1 aromatic rings. The lowest BCUT2D eigenvalue weighted by Crippen LogP contribution is -2.03. The predicted octanol–water partition coefficient (Wildman–Crippen LogP) is 4.40. The van der Waals surface area contributed by atoms with Crippen LogP contribution in [0, 0.1) is 0 Å². The molecule has 15 heavy (non-hydrogen) atoms. The van der Waals surface area contributed by atoms with Crippen molar-refractivity contribution in [2.24, 2.45) is 0 Å². The molecular formula is C13H22ClN. The van der Waals surface area contributed by atoms with E-state index in [0.717, 1.165) is 0 Å². The van der Waals surface area contributed by atoms with Gasteiger partial charge in [-0.1, -0.05) is 45.9 Å². The molecule has 0 spiro atoms. The van der Waals surface area contributed by atoms with Gasteiger partial charge in [0.2, 0.25) is 0 Å². The lowest BCUT2D eigenvalue weighted by molar-refractivity contribution is 0.837. The molecule has 0 aliphatic rings. The fraction of sp³-hybridized carbons (Fsp3) is 0.538. The van der Waals surface area contributed by atoms with Gasteiger partial charge >= 0.3 is 0 Å². The van der Waals surface area contributed by atoms with Crippen molar-refractivity contribution < 1.29 is 0 Å². The number of nitrogens with one attached hydrogen (secondary N) is 1. The van der Waals surface area contributed by atoms with E-state index in [4.69, 9.17) is 0 Å². The van der Waals surface area contributed by atoms with Gasteiger partial charge in [-0.3, -0.25) is 0 Å². The van der Waals surface area contributed by atoms with Gasteiger partial charge in [0.15, 0.2) is 0 Å². The molecule has 86 valence electrons. The van der Waals surface area contributed by atoms with Crippen molar-refractivity contribution in [3.63, 3.8) is 0 Å². The van der Waals surface area contributed by atoms with Crippen molar-refractivity contribution in [3.8, 4) is 0 Å². The van der Waals surface area contributed by atoms with Gasteiger partial charge in [-0.05, 0) is 23.0 Å². The number of hydrogen-bond donors (Lipinski definition) is 1. The average Bonchev–Trinajstić information content (AvgIpc) is 2.16. The molecule has 0 atom stereocenters. The monoisotopic (exact) mass is 227 g/mol. The molecule has 0 amide bonds. The molecule has 0 saturated heterocycles. The first-order chi connectivity index (χ1) is 6.57. The second-order valence-electron chi connectivity index (χ2n) is 4.37. The SMILES string of the molecule is CNc1c(C(C)C)cccc1C(C)C.Cl. The number of anilines is 1. The smallest absolute Gasteiger partial charge is 0.0407 e. The Kier molecular flexibility index (Phi) is 5.74. The van der Waals surface area contributed by atoms with Gasteiger partial charge in [0.25, 0.3) is 0 Å². The van der Waals surface area contributed by atoms with E-state index in [9.17, 15) is 0 Å². The summed E-state index contributed by atoms with van der Waals surface area (Å²) in [6.45, 7) is 8.95. The summed E-state index contributed by atoms with van der Waals surface area (Å²) in [5.74, 6) is 1.16. The fourth-order valence-electron chi connectivity index (χ4n) is 1.84. The van der Waals surface area contributed by atoms with Gasteiger partial charge in [0.05, 0.1) is 0 Å². The largest absolute Gasteiger partial charge is 0.388 e. The fourth-order valence-corrected chi connectivity index (χ4v) is 1.84. The number of benzene rings is 1. The molecule has 0 bridgehead atoms. The van der Waals surface area contributed by atoms with Crippen LogP contribution in [0.3, 0.4) is 0 Å². The minimum Gasteiger partial charge on any atom is -0.388 e. The molecule has 0 heterocycles. The van der Waals surface area contributed by atoms with Crippen molar-refractivity contribution in [1.82, 2.24) is 0 Å². The maximum atomic E-state index is 3.33. The lowest BCUT2D eigenvalue weighted by atomic mass is 9.93. The summed E-state index contributed by atoms with van der Waals surface area (Å²) < 4.78 is 0. The standard InChI is InChI=1S/C13H21N.ClH/c1-9(2)11-7-6-8-12(10(3)4)13(11)14-5;/h6-10,14H,1-5H3;1H. The first kappa shape index (κ1) is 14.3. The van der Waals surface area contributed by atoms with Gasteiger partial charge < -0.3 is 5.32 Å². The van der Waals surface area contributed by atoms with Crippen LogP contribution in [0.5, 0.6) is 0 Å². The van der Waals surface area contributed by atoms with E-state index in [2.05, 4.69) is 51.2 Å². The quantitative estimate of drug-likeness (QED) is 0.807. The molecule has 0 radical (unpaired) electrons. The zero-order valence-electron chi connectivity index (χ0n) is 10.3. The molecule has 0 unspecified atom stereocenters. The van der Waals surface area contributed by atoms with E-state index in [1.807, 2.05) is 7.05 Å². The Morgan fingerprint density at radius 2 is 1.33 bits per heavy atom. The van der Waals surface area contributed by atoms with Gasteiger partial charge in [0.1, 0.15) is 0 Å². The van der Waals surface area contributed by atoms with Crippen molar-refractivity contribution in [1.29, 1.82) is 0 Å². The van der Waals surface area contributed by atoms with Crippen LogP contribution in [0.4, 0.5) is 5.69 Å². The summed E-state index contributed by atoms with van der Waals surface area (Å²) in [7, 11) is 2.01. The second-order valence-corrected chi connectivity index (χ2v) is 4.37. The Morgan fingerprint density at radius 1 is 0.933 bits per heavy atom. The zero-order valence-corrected chi connectivity index (χ0v) is 11.1. The maximum absolute atomic E-state index is 3.33. The lowest BCUT2D eigenvalue weighted by Gasteiger charge is -2.18. The average molecular weight is 228 g/mol.